The monoisotopic (exact) mass is 731 g/mol. The molecular weight excluding hydrogens is 692 g/mol. The number of benzene rings is 1. The van der Waals surface area contributed by atoms with Crippen molar-refractivity contribution in [2.45, 2.75) is 31.8 Å². The van der Waals surface area contributed by atoms with Gasteiger partial charge in [0.15, 0.2) is 0 Å². The number of nitrogens with zero attached hydrogens (tertiary/aromatic N) is 9. The number of piperidine rings is 1. The van der Waals surface area contributed by atoms with Crippen LogP contribution in [0.4, 0.5) is 28.1 Å². The number of rotatable bonds is 12. The van der Waals surface area contributed by atoms with Gasteiger partial charge in [-0.3, -0.25) is 14.6 Å². The van der Waals surface area contributed by atoms with Crippen molar-refractivity contribution in [2.75, 3.05) is 69.6 Å². The fourth-order valence-corrected chi connectivity index (χ4v) is 6.82. The third kappa shape index (κ3) is 7.82. The van der Waals surface area contributed by atoms with E-state index >= 15 is 0 Å². The Bertz CT molecular complexity index is 1950. The number of nitro groups is 1. The van der Waals surface area contributed by atoms with E-state index in [1.54, 1.807) is 69.7 Å². The first-order valence-corrected chi connectivity index (χ1v) is 17.1. The molecule has 0 aliphatic carbocycles. The summed E-state index contributed by atoms with van der Waals surface area (Å²) in [7, 11) is 6.93. The number of aromatic nitrogens is 3. The van der Waals surface area contributed by atoms with E-state index in [4.69, 9.17) is 26.1 Å². The number of carbonyl (C=O) groups excluding carboxylic acids is 2. The summed E-state index contributed by atoms with van der Waals surface area (Å²) in [5.41, 5.74) is 1.79. The summed E-state index contributed by atoms with van der Waals surface area (Å²) in [6.45, 7) is 1.93. The molecule has 17 heteroatoms. The number of methoxy groups -OCH3 is 2. The summed E-state index contributed by atoms with van der Waals surface area (Å²) in [6, 6.07) is 8.16. The summed E-state index contributed by atoms with van der Waals surface area (Å²) in [5.74, 6) is 1.91. The maximum Gasteiger partial charge on any atom is 0.368 e. The molecule has 6 rings (SSSR count). The van der Waals surface area contributed by atoms with Crippen molar-refractivity contribution in [1.29, 1.82) is 0 Å². The molecule has 3 aromatic rings. The van der Waals surface area contributed by atoms with Gasteiger partial charge in [-0.05, 0) is 36.0 Å². The van der Waals surface area contributed by atoms with E-state index in [1.165, 1.54) is 14.2 Å². The van der Waals surface area contributed by atoms with Crippen molar-refractivity contribution in [1.82, 2.24) is 19.9 Å². The number of fused-ring (bicyclic) bond motifs is 1. The van der Waals surface area contributed by atoms with Crippen molar-refractivity contribution < 1.29 is 28.5 Å². The number of aliphatic imine (C=N–C) groups is 1. The first kappa shape index (κ1) is 36.2. The summed E-state index contributed by atoms with van der Waals surface area (Å²) in [6.07, 6.45) is 9.70. The molecule has 0 atom stereocenters. The lowest BCUT2D eigenvalue weighted by Crippen LogP contribution is -2.55. The minimum atomic E-state index is -0.453. The van der Waals surface area contributed by atoms with Crippen molar-refractivity contribution >= 4 is 53.0 Å². The van der Waals surface area contributed by atoms with E-state index < -0.39 is 4.92 Å². The van der Waals surface area contributed by atoms with Crippen LogP contribution < -0.4 is 24.6 Å². The predicted octanol–water partition coefficient (Wildman–Crippen LogP) is 4.82. The van der Waals surface area contributed by atoms with Gasteiger partial charge < -0.3 is 34.3 Å². The van der Waals surface area contributed by atoms with Crippen molar-refractivity contribution in [3.63, 3.8) is 0 Å². The van der Waals surface area contributed by atoms with Crippen LogP contribution >= 0.6 is 11.6 Å². The fraction of sp³-hybridized carbons (Fsp3) is 0.371. The van der Waals surface area contributed by atoms with Crippen LogP contribution in [0.5, 0.6) is 11.5 Å². The van der Waals surface area contributed by atoms with Gasteiger partial charge >= 0.3 is 11.9 Å². The van der Waals surface area contributed by atoms with Gasteiger partial charge in [0.2, 0.25) is 11.9 Å². The zero-order valence-electron chi connectivity index (χ0n) is 29.4. The summed E-state index contributed by atoms with van der Waals surface area (Å²) in [5, 5.41) is 14.7. The molecule has 0 bridgehead atoms. The van der Waals surface area contributed by atoms with Crippen LogP contribution in [0.1, 0.15) is 24.8 Å². The fourth-order valence-electron chi connectivity index (χ4n) is 6.53. The topological polar surface area (TPSA) is 169 Å². The Hall–Kier alpha value is -5.61. The normalized spacial score (nSPS) is 16.5. The number of likely N-dealkylation sites (tertiary alicyclic amines) is 1. The Morgan fingerprint density at radius 3 is 2.65 bits per heavy atom. The number of carbonyl (C=O) groups is 2. The average Bonchev–Trinajstić information content (AvgIpc) is 3.60. The SMILES string of the molecule is COc1cc(OC)c(Cl)c(N2Cc3cnc(Nc4ccccn4)nc3N(C3CCN(C(=O)/C=C/C[N+](C)(C)CC4=C([N+](=O)[O-])N=CC4)CC3)C2=O)c1. The number of anilines is 4. The minimum absolute atomic E-state index is 0.0921. The number of halogens is 1. The number of nitrogens with one attached hydrogen (secondary N) is 1. The molecule has 0 unspecified atom stereocenters. The molecule has 0 saturated carbocycles. The molecule has 1 fully saturated rings. The maximum atomic E-state index is 14.5. The third-order valence-electron chi connectivity index (χ3n) is 9.14. The van der Waals surface area contributed by atoms with Crippen LogP contribution in [0.2, 0.25) is 5.02 Å². The second kappa shape index (κ2) is 15.3. The van der Waals surface area contributed by atoms with Gasteiger partial charge in [0.25, 0.3) is 0 Å². The quantitative estimate of drug-likeness (QED) is 0.118. The number of quaternary nitrogens is 1. The van der Waals surface area contributed by atoms with Crippen LogP contribution in [0.15, 0.2) is 71.3 Å². The van der Waals surface area contributed by atoms with Gasteiger partial charge in [-0.1, -0.05) is 22.7 Å². The molecule has 1 N–H and O–H groups in total. The van der Waals surface area contributed by atoms with Crippen LogP contribution in [-0.4, -0.2) is 108 Å². The highest BCUT2D eigenvalue weighted by Gasteiger charge is 2.40. The lowest BCUT2D eigenvalue weighted by Gasteiger charge is -2.43. The molecule has 5 heterocycles. The van der Waals surface area contributed by atoms with E-state index in [-0.39, 0.29) is 41.3 Å². The van der Waals surface area contributed by atoms with Crippen LogP contribution in [-0.2, 0) is 11.3 Å². The molecule has 16 nitrogen and oxygen atoms in total. The number of hydrogen-bond acceptors (Lipinski definition) is 11. The Balaban J connectivity index is 1.20. The molecule has 0 radical (unpaired) electrons. The Kier molecular flexibility index (Phi) is 10.7. The number of amides is 3. The lowest BCUT2D eigenvalue weighted by molar-refractivity contribution is -0.880. The summed E-state index contributed by atoms with van der Waals surface area (Å²) >= 11 is 6.77. The van der Waals surface area contributed by atoms with E-state index in [0.29, 0.717) is 89.9 Å². The first-order valence-electron chi connectivity index (χ1n) is 16.7. The van der Waals surface area contributed by atoms with Crippen molar-refractivity contribution in [3.05, 3.63) is 87.0 Å². The Morgan fingerprint density at radius 1 is 1.17 bits per heavy atom. The number of likely N-dealkylation sites (N-methyl/N-ethyl adjacent to an activating group) is 1. The average molecular weight is 732 g/mol. The van der Waals surface area contributed by atoms with Gasteiger partial charge in [0.1, 0.15) is 40.9 Å². The standard InChI is InChI=1S/C35H40ClN10O6/c1-46(2,22-23-10-14-38-32(23)45(49)50)17-7-9-30(47)42-15-11-25(12-16-42)44-33-24(20-39-34(41-33)40-29-8-5-6-13-37-29)21-43(35(44)48)27-18-26(51-3)19-28(52-4)31(27)36/h5-9,13-14,18-20,25H,10-12,15-17,21-22H2,1-4H3,(H,37,39,40,41)/q+1/b9-7+. The number of urea groups is 1. The van der Waals surface area contributed by atoms with Crippen molar-refractivity contribution in [3.8, 4) is 11.5 Å². The molecular formula is C35H40ClN10O6+. The molecule has 1 aromatic carbocycles. The largest absolute Gasteiger partial charge is 0.497 e. The van der Waals surface area contributed by atoms with Gasteiger partial charge in [0, 0.05) is 61.7 Å². The highest BCUT2D eigenvalue weighted by Crippen LogP contribution is 2.42. The summed E-state index contributed by atoms with van der Waals surface area (Å²) in [4.78, 5) is 61.2. The second-order valence-corrected chi connectivity index (χ2v) is 13.6. The third-order valence-corrected chi connectivity index (χ3v) is 9.52. The lowest BCUT2D eigenvalue weighted by atomic mass is 10.0. The van der Waals surface area contributed by atoms with Crippen LogP contribution in [0, 0.1) is 10.1 Å². The molecule has 0 spiro atoms. The second-order valence-electron chi connectivity index (χ2n) is 13.2. The van der Waals surface area contributed by atoms with E-state index in [1.807, 2.05) is 20.2 Å². The predicted molar refractivity (Wildman–Crippen MR) is 196 cm³/mol. The molecule has 52 heavy (non-hydrogen) atoms. The minimum Gasteiger partial charge on any atom is -0.497 e. The Labute approximate surface area is 305 Å². The first-order chi connectivity index (χ1) is 25.0. The molecule has 3 aliphatic heterocycles. The molecule has 3 aliphatic rings. The zero-order valence-corrected chi connectivity index (χ0v) is 30.1. The highest BCUT2D eigenvalue weighted by atomic mass is 35.5. The number of hydrogen-bond donors (Lipinski definition) is 1. The van der Waals surface area contributed by atoms with Gasteiger partial charge in [0.05, 0.1) is 52.7 Å². The van der Waals surface area contributed by atoms with Crippen LogP contribution in [0.25, 0.3) is 0 Å². The van der Waals surface area contributed by atoms with Gasteiger partial charge in [-0.2, -0.15) is 4.98 Å². The maximum absolute atomic E-state index is 14.5. The van der Waals surface area contributed by atoms with E-state index in [2.05, 4.69) is 20.3 Å². The molecule has 1 saturated heterocycles. The molecule has 2 aromatic heterocycles. The molecule has 272 valence electrons. The van der Waals surface area contributed by atoms with Gasteiger partial charge in [-0.15, -0.1) is 0 Å². The number of pyridine rings is 1. The number of ether oxygens (including phenoxy) is 2. The zero-order chi connectivity index (χ0) is 37.0. The smallest absolute Gasteiger partial charge is 0.368 e. The summed E-state index contributed by atoms with van der Waals surface area (Å²) < 4.78 is 11.4. The Morgan fingerprint density at radius 2 is 1.96 bits per heavy atom. The van der Waals surface area contributed by atoms with E-state index in [9.17, 15) is 19.7 Å². The van der Waals surface area contributed by atoms with Crippen molar-refractivity contribution in [2.24, 2.45) is 4.99 Å². The molecule has 3 amide bonds. The highest BCUT2D eigenvalue weighted by molar-refractivity contribution is 6.35. The van der Waals surface area contributed by atoms with Crippen LogP contribution in [0.3, 0.4) is 0 Å². The van der Waals surface area contributed by atoms with Gasteiger partial charge in [-0.25, -0.2) is 14.8 Å². The van der Waals surface area contributed by atoms with E-state index in [0.717, 1.165) is 0 Å².